The molecule has 0 bridgehead atoms. The van der Waals surface area contributed by atoms with Crippen LogP contribution in [-0.2, 0) is 11.2 Å². The molecule has 2 amide bonds. The minimum atomic E-state index is -0.0352. The number of aromatic nitrogens is 3. The second kappa shape index (κ2) is 7.61. The Kier molecular flexibility index (Phi) is 5.02. The summed E-state index contributed by atoms with van der Waals surface area (Å²) in [4.78, 5) is 32.3. The van der Waals surface area contributed by atoms with Crippen molar-refractivity contribution in [3.05, 3.63) is 41.3 Å². The molecule has 4 rings (SSSR count). The Bertz CT molecular complexity index is 862. The van der Waals surface area contributed by atoms with Crippen LogP contribution in [0.1, 0.15) is 53.8 Å². The van der Waals surface area contributed by atoms with E-state index in [1.165, 1.54) is 5.56 Å². The maximum atomic E-state index is 12.8. The van der Waals surface area contributed by atoms with Crippen molar-refractivity contribution in [1.82, 2.24) is 25.0 Å². The summed E-state index contributed by atoms with van der Waals surface area (Å²) in [5.41, 5.74) is 2.96. The molecule has 1 fully saturated rings. The zero-order valence-corrected chi connectivity index (χ0v) is 16.3. The van der Waals surface area contributed by atoms with Crippen molar-refractivity contribution in [2.24, 2.45) is 0 Å². The molecule has 2 aromatic heterocycles. The normalized spacial score (nSPS) is 21.3. The van der Waals surface area contributed by atoms with Gasteiger partial charge in [0.05, 0.1) is 29.5 Å². The molecule has 2 atom stereocenters. The number of pyridine rings is 1. The van der Waals surface area contributed by atoms with Crippen LogP contribution in [0.15, 0.2) is 24.5 Å². The molecule has 1 aliphatic carbocycles. The third-order valence-electron chi connectivity index (χ3n) is 5.87. The van der Waals surface area contributed by atoms with Gasteiger partial charge < -0.3 is 15.1 Å². The first-order chi connectivity index (χ1) is 13.5. The predicted molar refractivity (Wildman–Crippen MR) is 105 cm³/mol. The average molecular weight is 382 g/mol. The summed E-state index contributed by atoms with van der Waals surface area (Å²) in [6.45, 7) is 2.78. The predicted octanol–water partition coefficient (Wildman–Crippen LogP) is 1.99. The summed E-state index contributed by atoms with van der Waals surface area (Å²) in [7, 11) is 1.79. The van der Waals surface area contributed by atoms with Gasteiger partial charge in [0.2, 0.25) is 5.91 Å². The molecule has 1 aliphatic heterocycles. The van der Waals surface area contributed by atoms with E-state index in [4.69, 9.17) is 0 Å². The van der Waals surface area contributed by atoms with E-state index in [0.29, 0.717) is 18.7 Å². The van der Waals surface area contributed by atoms with Crippen molar-refractivity contribution < 1.29 is 9.59 Å². The molecule has 2 aromatic rings. The van der Waals surface area contributed by atoms with E-state index in [0.717, 1.165) is 37.2 Å². The van der Waals surface area contributed by atoms with Crippen LogP contribution in [0.5, 0.6) is 0 Å². The highest BCUT2D eigenvalue weighted by Crippen LogP contribution is 2.30. The number of likely N-dealkylation sites (N-methyl/N-ethyl adjacent to an activating group) is 1. The number of carbonyl (C=O) groups is 2. The third kappa shape index (κ3) is 3.58. The topological polar surface area (TPSA) is 94.2 Å². The van der Waals surface area contributed by atoms with Crippen LogP contribution >= 0.6 is 0 Å². The summed E-state index contributed by atoms with van der Waals surface area (Å²) >= 11 is 0. The molecule has 0 radical (unpaired) electrons. The zero-order chi connectivity index (χ0) is 19.7. The van der Waals surface area contributed by atoms with Crippen molar-refractivity contribution in [1.29, 1.82) is 0 Å². The van der Waals surface area contributed by atoms with Crippen molar-refractivity contribution in [2.45, 2.75) is 44.7 Å². The maximum absolute atomic E-state index is 12.8. The average Bonchev–Trinajstić information content (AvgIpc) is 3.37. The van der Waals surface area contributed by atoms with Gasteiger partial charge in [-0.2, -0.15) is 5.10 Å². The molecule has 148 valence electrons. The van der Waals surface area contributed by atoms with Crippen LogP contribution in [0.25, 0.3) is 0 Å². The number of aromatic amines is 1. The third-order valence-corrected chi connectivity index (χ3v) is 5.87. The summed E-state index contributed by atoms with van der Waals surface area (Å²) in [5.74, 6) is 0.742. The van der Waals surface area contributed by atoms with Crippen LogP contribution < -0.4 is 5.32 Å². The Morgan fingerprint density at radius 2 is 2.14 bits per heavy atom. The molecular formula is C20H26N6O2. The van der Waals surface area contributed by atoms with Gasteiger partial charge in [-0.05, 0) is 43.4 Å². The molecule has 2 N–H and O–H groups in total. The SMILES string of the molecule is CC(=O)N(C)[C@H]1CCN(C(=O)c2ccc(NC3CCCc4cn[nH]c43)nc2)C1. The largest absolute Gasteiger partial charge is 0.362 e. The lowest BCUT2D eigenvalue weighted by Gasteiger charge is -2.24. The van der Waals surface area contributed by atoms with Crippen molar-refractivity contribution in [3.8, 4) is 0 Å². The van der Waals surface area contributed by atoms with Gasteiger partial charge in [0.15, 0.2) is 0 Å². The molecular weight excluding hydrogens is 356 g/mol. The minimum absolute atomic E-state index is 0.0273. The number of H-pyrrole nitrogens is 1. The van der Waals surface area contributed by atoms with Gasteiger partial charge >= 0.3 is 0 Å². The lowest BCUT2D eigenvalue weighted by molar-refractivity contribution is -0.129. The highest BCUT2D eigenvalue weighted by Gasteiger charge is 2.30. The molecule has 1 unspecified atom stereocenters. The monoisotopic (exact) mass is 382 g/mol. The molecule has 28 heavy (non-hydrogen) atoms. The molecule has 8 nitrogen and oxygen atoms in total. The quantitative estimate of drug-likeness (QED) is 0.843. The molecule has 3 heterocycles. The first-order valence-electron chi connectivity index (χ1n) is 9.80. The summed E-state index contributed by atoms with van der Waals surface area (Å²) in [6.07, 6.45) is 7.53. The van der Waals surface area contributed by atoms with Crippen LogP contribution in [0.2, 0.25) is 0 Å². The molecule has 0 saturated carbocycles. The maximum Gasteiger partial charge on any atom is 0.255 e. The fourth-order valence-electron chi connectivity index (χ4n) is 4.07. The number of likely N-dealkylation sites (tertiary alicyclic amines) is 1. The van der Waals surface area contributed by atoms with Gasteiger partial charge in [-0.25, -0.2) is 4.98 Å². The van der Waals surface area contributed by atoms with Crippen LogP contribution in [0.3, 0.4) is 0 Å². The van der Waals surface area contributed by atoms with Gasteiger partial charge in [-0.1, -0.05) is 0 Å². The van der Waals surface area contributed by atoms with E-state index in [-0.39, 0.29) is 23.9 Å². The fourth-order valence-corrected chi connectivity index (χ4v) is 4.07. The van der Waals surface area contributed by atoms with Gasteiger partial charge in [0.1, 0.15) is 5.82 Å². The summed E-state index contributed by atoms with van der Waals surface area (Å²) < 4.78 is 0. The Morgan fingerprint density at radius 1 is 1.29 bits per heavy atom. The van der Waals surface area contributed by atoms with E-state index in [2.05, 4.69) is 20.5 Å². The van der Waals surface area contributed by atoms with Gasteiger partial charge in [-0.15, -0.1) is 0 Å². The Labute approximate surface area is 164 Å². The Balaban J connectivity index is 1.39. The Morgan fingerprint density at radius 3 is 2.89 bits per heavy atom. The zero-order valence-electron chi connectivity index (χ0n) is 16.3. The van der Waals surface area contributed by atoms with Gasteiger partial charge in [-0.3, -0.25) is 14.7 Å². The number of aryl methyl sites for hydroxylation is 1. The summed E-state index contributed by atoms with van der Waals surface area (Å²) in [5, 5.41) is 10.7. The van der Waals surface area contributed by atoms with Crippen molar-refractivity contribution in [2.75, 3.05) is 25.5 Å². The first kappa shape index (κ1) is 18.5. The second-order valence-corrected chi connectivity index (χ2v) is 7.65. The standard InChI is InChI=1S/C20H26N6O2/c1-13(27)25(2)16-8-9-26(12-16)20(28)15-6-7-18(21-10-15)23-17-5-3-4-14-11-22-24-19(14)17/h6-7,10-11,16-17H,3-5,8-9,12H2,1-2H3,(H,21,23)(H,22,24)/t16-,17?/m0/s1. The van der Waals surface area contributed by atoms with Gasteiger partial charge in [0, 0.05) is 33.3 Å². The van der Waals surface area contributed by atoms with Crippen molar-refractivity contribution >= 4 is 17.6 Å². The van der Waals surface area contributed by atoms with E-state index >= 15 is 0 Å². The van der Waals surface area contributed by atoms with E-state index in [1.807, 2.05) is 18.3 Å². The highest BCUT2D eigenvalue weighted by molar-refractivity contribution is 5.94. The molecule has 1 saturated heterocycles. The van der Waals surface area contributed by atoms with E-state index < -0.39 is 0 Å². The molecule has 8 heteroatoms. The minimum Gasteiger partial charge on any atom is -0.362 e. The second-order valence-electron chi connectivity index (χ2n) is 7.65. The fraction of sp³-hybridized carbons (Fsp3) is 0.500. The number of nitrogens with one attached hydrogen (secondary N) is 2. The molecule has 2 aliphatic rings. The van der Waals surface area contributed by atoms with Crippen molar-refractivity contribution in [3.63, 3.8) is 0 Å². The lowest BCUT2D eigenvalue weighted by Crippen LogP contribution is -2.38. The number of rotatable bonds is 4. The summed E-state index contributed by atoms with van der Waals surface area (Å²) in [6, 6.07) is 3.93. The number of hydrogen-bond donors (Lipinski definition) is 2. The van der Waals surface area contributed by atoms with E-state index in [1.54, 1.807) is 30.0 Å². The first-order valence-corrected chi connectivity index (χ1v) is 9.80. The number of carbonyl (C=O) groups excluding carboxylic acids is 2. The molecule has 0 aromatic carbocycles. The molecule has 0 spiro atoms. The number of hydrogen-bond acceptors (Lipinski definition) is 5. The lowest BCUT2D eigenvalue weighted by atomic mass is 9.94. The highest BCUT2D eigenvalue weighted by atomic mass is 16.2. The number of anilines is 1. The van der Waals surface area contributed by atoms with Crippen LogP contribution in [0.4, 0.5) is 5.82 Å². The smallest absolute Gasteiger partial charge is 0.255 e. The number of amides is 2. The van der Waals surface area contributed by atoms with Gasteiger partial charge in [0.25, 0.3) is 5.91 Å². The van der Waals surface area contributed by atoms with E-state index in [9.17, 15) is 9.59 Å². The van der Waals surface area contributed by atoms with Crippen LogP contribution in [-0.4, -0.2) is 63.0 Å². The number of fused-ring (bicyclic) bond motifs is 1. The number of nitrogens with zero attached hydrogens (tertiary/aromatic N) is 4. The van der Waals surface area contributed by atoms with Crippen LogP contribution in [0, 0.1) is 0 Å². The Hall–Kier alpha value is -2.90.